The Morgan fingerprint density at radius 2 is 1.92 bits per heavy atom. The first-order valence-corrected chi connectivity index (χ1v) is 4.46. The van der Waals surface area contributed by atoms with Crippen molar-refractivity contribution in [2.75, 3.05) is 7.11 Å². The second-order valence-corrected chi connectivity index (χ2v) is 2.20. The molecule has 0 spiro atoms. The zero-order valence-corrected chi connectivity index (χ0v) is 8.98. The molecular formula is C10H21NO. The van der Waals surface area contributed by atoms with Gasteiger partial charge < -0.3 is 4.74 Å². The summed E-state index contributed by atoms with van der Waals surface area (Å²) in [6, 6.07) is 0. The van der Waals surface area contributed by atoms with Crippen LogP contribution in [0, 0.1) is 0 Å². The molecule has 0 aromatic carbocycles. The van der Waals surface area contributed by atoms with Gasteiger partial charge in [-0.2, -0.15) is 0 Å². The van der Waals surface area contributed by atoms with Gasteiger partial charge in [-0.05, 0) is 25.6 Å². The van der Waals surface area contributed by atoms with E-state index in [9.17, 15) is 0 Å². The maximum absolute atomic E-state index is 4.96. The van der Waals surface area contributed by atoms with Crippen LogP contribution in [0.25, 0.3) is 0 Å². The average molecular weight is 171 g/mol. The van der Waals surface area contributed by atoms with E-state index in [1.807, 2.05) is 20.8 Å². The molecule has 0 saturated carbocycles. The summed E-state index contributed by atoms with van der Waals surface area (Å²) in [4.78, 5) is 3.73. The molecule has 0 N–H and O–H groups in total. The van der Waals surface area contributed by atoms with Crippen LogP contribution in [0.2, 0.25) is 0 Å². The smallest absolute Gasteiger partial charge is 0.211 e. The number of ether oxygens (including phenoxy) is 1. The quantitative estimate of drug-likeness (QED) is 0.469. The Morgan fingerprint density at radius 1 is 1.42 bits per heavy atom. The standard InChI is InChI=1S/C8H15NO.C2H6/c1-5-6-7(2)8(9-3)10-4;1-2/h3,5-6H2,1-2,4H3;1-2H3/b8-7+;. The molecule has 0 radical (unpaired) electrons. The van der Waals surface area contributed by atoms with Gasteiger partial charge in [0.25, 0.3) is 0 Å². The third-order valence-corrected chi connectivity index (χ3v) is 1.33. The second kappa shape index (κ2) is 10.2. The Kier molecular flexibility index (Phi) is 11.7. The van der Waals surface area contributed by atoms with Gasteiger partial charge in [0.1, 0.15) is 0 Å². The number of rotatable bonds is 4. The van der Waals surface area contributed by atoms with Gasteiger partial charge >= 0.3 is 0 Å². The lowest BCUT2D eigenvalue weighted by molar-refractivity contribution is 0.283. The number of methoxy groups -OCH3 is 1. The van der Waals surface area contributed by atoms with Crippen LogP contribution in [-0.2, 0) is 4.74 Å². The monoisotopic (exact) mass is 171 g/mol. The van der Waals surface area contributed by atoms with Crippen LogP contribution < -0.4 is 0 Å². The molecule has 0 unspecified atom stereocenters. The molecule has 0 amide bonds. The summed E-state index contributed by atoms with van der Waals surface area (Å²) in [5.74, 6) is 0.668. The molecule has 2 heteroatoms. The van der Waals surface area contributed by atoms with Crippen LogP contribution in [-0.4, -0.2) is 13.8 Å². The Labute approximate surface area is 76.3 Å². The molecule has 0 heterocycles. The summed E-state index contributed by atoms with van der Waals surface area (Å²) < 4.78 is 4.96. The van der Waals surface area contributed by atoms with Crippen molar-refractivity contribution in [2.24, 2.45) is 4.99 Å². The predicted molar refractivity (Wildman–Crippen MR) is 55.5 cm³/mol. The number of hydrogen-bond donors (Lipinski definition) is 0. The maximum Gasteiger partial charge on any atom is 0.211 e. The molecule has 0 rings (SSSR count). The van der Waals surface area contributed by atoms with Gasteiger partial charge in [-0.1, -0.05) is 27.2 Å². The summed E-state index contributed by atoms with van der Waals surface area (Å²) in [6.45, 7) is 11.5. The second-order valence-electron chi connectivity index (χ2n) is 2.20. The van der Waals surface area contributed by atoms with Crippen LogP contribution in [0.1, 0.15) is 40.5 Å². The van der Waals surface area contributed by atoms with Crippen LogP contribution in [0.15, 0.2) is 16.4 Å². The summed E-state index contributed by atoms with van der Waals surface area (Å²) in [7, 11) is 1.61. The summed E-state index contributed by atoms with van der Waals surface area (Å²) >= 11 is 0. The van der Waals surface area contributed by atoms with Gasteiger partial charge in [0.05, 0.1) is 7.11 Å². The van der Waals surface area contributed by atoms with E-state index in [-0.39, 0.29) is 0 Å². The van der Waals surface area contributed by atoms with Crippen molar-refractivity contribution in [3.63, 3.8) is 0 Å². The highest BCUT2D eigenvalue weighted by Crippen LogP contribution is 2.10. The number of allylic oxidation sites excluding steroid dienone is 1. The maximum atomic E-state index is 4.96. The minimum Gasteiger partial charge on any atom is -0.481 e. The fraction of sp³-hybridized carbons (Fsp3) is 0.700. The molecule has 0 aliphatic rings. The number of hydrogen-bond acceptors (Lipinski definition) is 2. The molecule has 0 aliphatic carbocycles. The molecule has 2 nitrogen and oxygen atoms in total. The molecule has 0 bridgehead atoms. The Hall–Kier alpha value is -0.790. The Balaban J connectivity index is 0. The lowest BCUT2D eigenvalue weighted by Gasteiger charge is -2.03. The molecule has 72 valence electrons. The van der Waals surface area contributed by atoms with Crippen LogP contribution >= 0.6 is 0 Å². The fourth-order valence-corrected chi connectivity index (χ4v) is 0.856. The summed E-state index contributed by atoms with van der Waals surface area (Å²) in [5, 5.41) is 0. The predicted octanol–water partition coefficient (Wildman–Crippen LogP) is 3.39. The third kappa shape index (κ3) is 5.96. The normalized spacial score (nSPS) is 10.8. The van der Waals surface area contributed by atoms with Gasteiger partial charge in [0.2, 0.25) is 5.88 Å². The van der Waals surface area contributed by atoms with Crippen molar-refractivity contribution < 1.29 is 4.74 Å². The van der Waals surface area contributed by atoms with Gasteiger partial charge in [0, 0.05) is 0 Å². The molecular weight excluding hydrogens is 150 g/mol. The first kappa shape index (κ1) is 13.8. The molecule has 0 aromatic heterocycles. The van der Waals surface area contributed by atoms with E-state index in [0.29, 0.717) is 5.88 Å². The van der Waals surface area contributed by atoms with Gasteiger partial charge in [-0.25, -0.2) is 4.99 Å². The van der Waals surface area contributed by atoms with E-state index in [4.69, 9.17) is 4.74 Å². The van der Waals surface area contributed by atoms with Crippen molar-refractivity contribution in [1.82, 2.24) is 0 Å². The first-order valence-electron chi connectivity index (χ1n) is 4.46. The van der Waals surface area contributed by atoms with Crippen molar-refractivity contribution in [3.8, 4) is 0 Å². The SMILES string of the molecule is C=N/C(OC)=C(/C)CCC.CC. The fourth-order valence-electron chi connectivity index (χ4n) is 0.856. The average Bonchev–Trinajstić information content (AvgIpc) is 2.11. The Morgan fingerprint density at radius 3 is 2.17 bits per heavy atom. The Bertz CT molecular complexity index is 139. The zero-order valence-electron chi connectivity index (χ0n) is 8.98. The van der Waals surface area contributed by atoms with Crippen molar-refractivity contribution in [1.29, 1.82) is 0 Å². The van der Waals surface area contributed by atoms with E-state index in [2.05, 4.69) is 18.6 Å². The minimum atomic E-state index is 0.668. The van der Waals surface area contributed by atoms with Crippen molar-refractivity contribution in [3.05, 3.63) is 11.5 Å². The molecule has 0 aliphatic heterocycles. The third-order valence-electron chi connectivity index (χ3n) is 1.33. The lowest BCUT2D eigenvalue weighted by atomic mass is 10.2. The van der Waals surface area contributed by atoms with Crippen molar-refractivity contribution >= 4 is 6.72 Å². The first-order chi connectivity index (χ1) is 5.76. The minimum absolute atomic E-state index is 0.668. The molecule has 0 saturated heterocycles. The zero-order chi connectivity index (χ0) is 9.98. The van der Waals surface area contributed by atoms with E-state index >= 15 is 0 Å². The van der Waals surface area contributed by atoms with Crippen LogP contribution in [0.3, 0.4) is 0 Å². The highest BCUT2D eigenvalue weighted by Gasteiger charge is 1.96. The molecule has 0 aromatic rings. The van der Waals surface area contributed by atoms with Crippen molar-refractivity contribution in [2.45, 2.75) is 40.5 Å². The molecule has 0 fully saturated rings. The number of nitrogens with zero attached hydrogens (tertiary/aromatic N) is 1. The summed E-state index contributed by atoms with van der Waals surface area (Å²) in [5.41, 5.74) is 1.17. The van der Waals surface area contributed by atoms with Crippen LogP contribution in [0.5, 0.6) is 0 Å². The number of aliphatic imine (C=N–C) groups is 1. The summed E-state index contributed by atoms with van der Waals surface area (Å²) in [6.07, 6.45) is 2.15. The van der Waals surface area contributed by atoms with E-state index in [1.165, 1.54) is 5.57 Å². The van der Waals surface area contributed by atoms with E-state index in [0.717, 1.165) is 12.8 Å². The van der Waals surface area contributed by atoms with E-state index in [1.54, 1.807) is 7.11 Å². The molecule has 12 heavy (non-hydrogen) atoms. The van der Waals surface area contributed by atoms with Gasteiger partial charge in [0.15, 0.2) is 0 Å². The lowest BCUT2D eigenvalue weighted by Crippen LogP contribution is -1.87. The molecule has 0 atom stereocenters. The van der Waals surface area contributed by atoms with Gasteiger partial charge in [-0.15, -0.1) is 0 Å². The van der Waals surface area contributed by atoms with Crippen LogP contribution in [0.4, 0.5) is 0 Å². The topological polar surface area (TPSA) is 21.6 Å². The van der Waals surface area contributed by atoms with E-state index < -0.39 is 0 Å². The highest BCUT2D eigenvalue weighted by atomic mass is 16.5. The highest BCUT2D eigenvalue weighted by molar-refractivity contribution is 5.28. The van der Waals surface area contributed by atoms with Gasteiger partial charge in [-0.3, -0.25) is 0 Å². The largest absolute Gasteiger partial charge is 0.481 e.